The third kappa shape index (κ3) is 2.39. The van der Waals surface area contributed by atoms with E-state index in [2.05, 4.69) is 59.8 Å². The van der Waals surface area contributed by atoms with E-state index in [0.717, 1.165) is 17.8 Å². The van der Waals surface area contributed by atoms with Crippen molar-refractivity contribution in [1.29, 1.82) is 0 Å². The van der Waals surface area contributed by atoms with E-state index < -0.39 is 0 Å². The predicted octanol–water partition coefficient (Wildman–Crippen LogP) is 4.20. The maximum absolute atomic E-state index is 4.52. The van der Waals surface area contributed by atoms with Crippen molar-refractivity contribution in [2.24, 2.45) is 5.92 Å². The highest BCUT2D eigenvalue weighted by Gasteiger charge is 2.06. The first-order valence-corrected chi connectivity index (χ1v) is 6.75. The topological polar surface area (TPSA) is 17.3 Å². The molecule has 3 rings (SSSR count). The summed E-state index contributed by atoms with van der Waals surface area (Å²) in [6.07, 6.45) is 5.10. The molecule has 3 aromatic rings. The lowest BCUT2D eigenvalue weighted by Gasteiger charge is -2.06. The quantitative estimate of drug-likeness (QED) is 0.681. The summed E-state index contributed by atoms with van der Waals surface area (Å²) in [4.78, 5) is 4.52. The molecule has 0 bridgehead atoms. The number of aromatic nitrogens is 2. The van der Waals surface area contributed by atoms with Crippen molar-refractivity contribution in [3.05, 3.63) is 60.4 Å². The number of imidazole rings is 1. The molecule has 19 heavy (non-hydrogen) atoms. The van der Waals surface area contributed by atoms with Gasteiger partial charge < -0.3 is 0 Å². The fraction of sp³-hybridized carbons (Fsp3) is 0.235. The van der Waals surface area contributed by atoms with Crippen LogP contribution in [0, 0.1) is 5.92 Å². The van der Waals surface area contributed by atoms with Gasteiger partial charge in [-0.25, -0.2) is 4.98 Å². The Morgan fingerprint density at radius 1 is 1.05 bits per heavy atom. The first-order chi connectivity index (χ1) is 9.24. The van der Waals surface area contributed by atoms with E-state index in [0.29, 0.717) is 5.92 Å². The van der Waals surface area contributed by atoms with E-state index >= 15 is 0 Å². The molecule has 0 unspecified atom stereocenters. The van der Waals surface area contributed by atoms with Crippen LogP contribution in [0.4, 0.5) is 0 Å². The molecular formula is C17H18N2. The minimum Gasteiger partial charge on any atom is -0.300 e. The number of rotatable bonds is 3. The SMILES string of the molecule is CC(C)Cc1ccc(-c2ncc3ccccn23)cc1. The Hall–Kier alpha value is -2.09. The predicted molar refractivity (Wildman–Crippen MR) is 79.2 cm³/mol. The van der Waals surface area contributed by atoms with Crippen molar-refractivity contribution in [3.8, 4) is 11.4 Å². The van der Waals surface area contributed by atoms with Crippen molar-refractivity contribution >= 4 is 5.52 Å². The summed E-state index contributed by atoms with van der Waals surface area (Å²) in [6.45, 7) is 4.49. The smallest absolute Gasteiger partial charge is 0.144 e. The Labute approximate surface area is 113 Å². The summed E-state index contributed by atoms with van der Waals surface area (Å²) >= 11 is 0. The van der Waals surface area contributed by atoms with Crippen molar-refractivity contribution < 1.29 is 0 Å². The van der Waals surface area contributed by atoms with E-state index in [9.17, 15) is 0 Å². The lowest BCUT2D eigenvalue weighted by Crippen LogP contribution is -1.94. The second-order valence-electron chi connectivity index (χ2n) is 5.37. The van der Waals surface area contributed by atoms with Crippen LogP contribution in [0.5, 0.6) is 0 Å². The van der Waals surface area contributed by atoms with E-state index in [-0.39, 0.29) is 0 Å². The number of hydrogen-bond acceptors (Lipinski definition) is 1. The molecule has 0 aliphatic rings. The Balaban J connectivity index is 1.98. The molecule has 2 heteroatoms. The molecule has 0 aliphatic heterocycles. The van der Waals surface area contributed by atoms with Gasteiger partial charge >= 0.3 is 0 Å². The molecule has 2 heterocycles. The van der Waals surface area contributed by atoms with Gasteiger partial charge in [0.25, 0.3) is 0 Å². The van der Waals surface area contributed by atoms with Crippen LogP contribution in [0.1, 0.15) is 19.4 Å². The molecular weight excluding hydrogens is 232 g/mol. The molecule has 1 aromatic carbocycles. The average molecular weight is 250 g/mol. The maximum atomic E-state index is 4.52. The highest BCUT2D eigenvalue weighted by molar-refractivity contribution is 5.62. The number of nitrogens with zero attached hydrogens (tertiary/aromatic N) is 2. The summed E-state index contributed by atoms with van der Waals surface area (Å²) in [5.74, 6) is 1.70. The van der Waals surface area contributed by atoms with Crippen molar-refractivity contribution in [1.82, 2.24) is 9.38 Å². The first kappa shape index (κ1) is 12.0. The number of benzene rings is 1. The van der Waals surface area contributed by atoms with Gasteiger partial charge in [-0.3, -0.25) is 4.40 Å². The van der Waals surface area contributed by atoms with Crippen LogP contribution < -0.4 is 0 Å². The van der Waals surface area contributed by atoms with Crippen LogP contribution in [0.2, 0.25) is 0 Å². The molecule has 0 saturated heterocycles. The zero-order valence-corrected chi connectivity index (χ0v) is 11.4. The molecule has 0 aliphatic carbocycles. The molecule has 0 amide bonds. The standard InChI is InChI=1S/C17H18N2/c1-13(2)11-14-6-8-15(9-7-14)17-18-12-16-5-3-4-10-19(16)17/h3-10,12-13H,11H2,1-2H3. The Bertz CT molecular complexity index is 678. The summed E-state index contributed by atoms with van der Waals surface area (Å²) in [7, 11) is 0. The van der Waals surface area contributed by atoms with Gasteiger partial charge in [0.1, 0.15) is 5.82 Å². The van der Waals surface area contributed by atoms with Gasteiger partial charge in [0.15, 0.2) is 0 Å². The summed E-state index contributed by atoms with van der Waals surface area (Å²) in [5.41, 5.74) is 3.68. The summed E-state index contributed by atoms with van der Waals surface area (Å²) in [5, 5.41) is 0. The van der Waals surface area contributed by atoms with Crippen LogP contribution in [0.25, 0.3) is 16.9 Å². The van der Waals surface area contributed by atoms with Crippen molar-refractivity contribution in [3.63, 3.8) is 0 Å². The van der Waals surface area contributed by atoms with Crippen LogP contribution in [-0.4, -0.2) is 9.38 Å². The van der Waals surface area contributed by atoms with E-state index in [4.69, 9.17) is 0 Å². The Kier molecular flexibility index (Phi) is 3.08. The number of fused-ring (bicyclic) bond motifs is 1. The van der Waals surface area contributed by atoms with Gasteiger partial charge in [0.2, 0.25) is 0 Å². The van der Waals surface area contributed by atoms with Crippen LogP contribution in [0.3, 0.4) is 0 Å². The molecule has 0 radical (unpaired) electrons. The van der Waals surface area contributed by atoms with Crippen molar-refractivity contribution in [2.75, 3.05) is 0 Å². The molecule has 2 aromatic heterocycles. The van der Waals surface area contributed by atoms with E-state index in [1.165, 1.54) is 11.1 Å². The first-order valence-electron chi connectivity index (χ1n) is 6.75. The zero-order chi connectivity index (χ0) is 13.2. The molecule has 2 nitrogen and oxygen atoms in total. The van der Waals surface area contributed by atoms with Crippen LogP contribution in [-0.2, 0) is 6.42 Å². The van der Waals surface area contributed by atoms with Crippen molar-refractivity contribution in [2.45, 2.75) is 20.3 Å². The zero-order valence-electron chi connectivity index (χ0n) is 11.4. The summed E-state index contributed by atoms with van der Waals surface area (Å²) < 4.78 is 2.12. The molecule has 0 saturated carbocycles. The van der Waals surface area contributed by atoms with E-state index in [1.54, 1.807) is 0 Å². The van der Waals surface area contributed by atoms with E-state index in [1.807, 2.05) is 18.3 Å². The molecule has 0 spiro atoms. The third-order valence-corrected chi connectivity index (χ3v) is 3.29. The fourth-order valence-electron chi connectivity index (χ4n) is 2.42. The number of hydrogen-bond donors (Lipinski definition) is 0. The lowest BCUT2D eigenvalue weighted by molar-refractivity contribution is 0.647. The highest BCUT2D eigenvalue weighted by Crippen LogP contribution is 2.20. The minimum absolute atomic E-state index is 0.693. The van der Waals surface area contributed by atoms with Gasteiger partial charge in [-0.15, -0.1) is 0 Å². The highest BCUT2D eigenvalue weighted by atomic mass is 15.0. The third-order valence-electron chi connectivity index (χ3n) is 3.29. The number of pyridine rings is 1. The van der Waals surface area contributed by atoms with Gasteiger partial charge in [0, 0.05) is 11.8 Å². The fourth-order valence-corrected chi connectivity index (χ4v) is 2.42. The van der Waals surface area contributed by atoms with Gasteiger partial charge in [0.05, 0.1) is 11.7 Å². The van der Waals surface area contributed by atoms with Crippen LogP contribution in [0.15, 0.2) is 54.9 Å². The largest absolute Gasteiger partial charge is 0.300 e. The molecule has 0 atom stereocenters. The monoisotopic (exact) mass is 250 g/mol. The Morgan fingerprint density at radius 2 is 1.84 bits per heavy atom. The normalized spacial score (nSPS) is 11.3. The lowest BCUT2D eigenvalue weighted by atomic mass is 10.0. The second kappa shape index (κ2) is 4.88. The summed E-state index contributed by atoms with van der Waals surface area (Å²) in [6, 6.07) is 14.9. The van der Waals surface area contributed by atoms with Gasteiger partial charge in [-0.2, -0.15) is 0 Å². The second-order valence-corrected chi connectivity index (χ2v) is 5.37. The molecule has 0 fully saturated rings. The Morgan fingerprint density at radius 3 is 2.58 bits per heavy atom. The van der Waals surface area contributed by atoms with Gasteiger partial charge in [-0.1, -0.05) is 44.2 Å². The molecule has 96 valence electrons. The van der Waals surface area contributed by atoms with Gasteiger partial charge in [-0.05, 0) is 30.0 Å². The van der Waals surface area contributed by atoms with Crippen LogP contribution >= 0.6 is 0 Å². The average Bonchev–Trinajstić information content (AvgIpc) is 2.83. The maximum Gasteiger partial charge on any atom is 0.144 e. The molecule has 0 N–H and O–H groups in total. The minimum atomic E-state index is 0.693.